The van der Waals surface area contributed by atoms with Crippen molar-refractivity contribution in [2.45, 2.75) is 39.0 Å². The maximum atomic E-state index is 12.4. The van der Waals surface area contributed by atoms with E-state index in [0.717, 1.165) is 25.7 Å². The second kappa shape index (κ2) is 8.86. The molecule has 2 N–H and O–H groups in total. The number of carbonyl (C=O) groups is 4. The summed E-state index contributed by atoms with van der Waals surface area (Å²) in [6.07, 6.45) is 3.37. The Bertz CT molecular complexity index is 738. The summed E-state index contributed by atoms with van der Waals surface area (Å²) >= 11 is 0. The highest BCUT2D eigenvalue weighted by Gasteiger charge is 2.47. The van der Waals surface area contributed by atoms with Crippen LogP contribution in [0.2, 0.25) is 0 Å². The van der Waals surface area contributed by atoms with E-state index < -0.39 is 11.8 Å². The fourth-order valence-corrected chi connectivity index (χ4v) is 3.80. The van der Waals surface area contributed by atoms with Crippen LogP contribution in [-0.2, 0) is 14.4 Å². The molecular formula is C20H25N3O5. The number of imide groups is 1. The van der Waals surface area contributed by atoms with E-state index in [-0.39, 0.29) is 36.6 Å². The van der Waals surface area contributed by atoms with Gasteiger partial charge in [0.25, 0.3) is 5.91 Å². The van der Waals surface area contributed by atoms with Gasteiger partial charge in [0.15, 0.2) is 0 Å². The smallest absolute Gasteiger partial charge is 0.269 e. The van der Waals surface area contributed by atoms with E-state index in [1.54, 1.807) is 24.3 Å². The fraction of sp³-hybridized carbons (Fsp3) is 0.500. The van der Waals surface area contributed by atoms with Crippen molar-refractivity contribution >= 4 is 23.6 Å². The standard InChI is InChI=1S/C20H25N3O5/c1-2-28-14-9-7-13(8-10-14)18(25)22-21-17(24)11-12-23-19(26)15-5-3-4-6-16(15)20(23)27/h7-10,15-16H,2-6,11-12H2,1H3,(H,21,24)(H,22,25)/t15-,16-/m1/s1. The van der Waals surface area contributed by atoms with Gasteiger partial charge in [-0.3, -0.25) is 34.9 Å². The molecule has 0 unspecified atom stereocenters. The molecule has 2 atom stereocenters. The number of hydrogen-bond donors (Lipinski definition) is 2. The van der Waals surface area contributed by atoms with Crippen molar-refractivity contribution in [3.63, 3.8) is 0 Å². The second-order valence-electron chi connectivity index (χ2n) is 7.04. The largest absolute Gasteiger partial charge is 0.494 e. The van der Waals surface area contributed by atoms with Crippen molar-refractivity contribution < 1.29 is 23.9 Å². The molecule has 1 aromatic carbocycles. The van der Waals surface area contributed by atoms with Gasteiger partial charge in [-0.2, -0.15) is 0 Å². The number of carbonyl (C=O) groups excluding carboxylic acids is 4. The molecule has 1 saturated carbocycles. The van der Waals surface area contributed by atoms with Crippen LogP contribution in [0.4, 0.5) is 0 Å². The monoisotopic (exact) mass is 387 g/mol. The molecule has 2 aliphatic rings. The number of fused-ring (bicyclic) bond motifs is 1. The number of likely N-dealkylation sites (tertiary alicyclic amines) is 1. The van der Waals surface area contributed by atoms with Gasteiger partial charge in [-0.15, -0.1) is 0 Å². The quantitative estimate of drug-likeness (QED) is 0.567. The lowest BCUT2D eigenvalue weighted by Crippen LogP contribution is -2.43. The normalized spacial score (nSPS) is 21.2. The first kappa shape index (κ1) is 19.9. The zero-order valence-electron chi connectivity index (χ0n) is 15.9. The number of nitrogens with one attached hydrogen (secondary N) is 2. The highest BCUT2D eigenvalue weighted by Crippen LogP contribution is 2.37. The van der Waals surface area contributed by atoms with E-state index in [4.69, 9.17) is 4.74 Å². The van der Waals surface area contributed by atoms with Gasteiger partial charge in [-0.25, -0.2) is 0 Å². The van der Waals surface area contributed by atoms with Crippen molar-refractivity contribution in [1.29, 1.82) is 0 Å². The van der Waals surface area contributed by atoms with Gasteiger partial charge in [0, 0.05) is 18.5 Å². The highest BCUT2D eigenvalue weighted by atomic mass is 16.5. The molecule has 150 valence electrons. The summed E-state index contributed by atoms with van der Waals surface area (Å²) < 4.78 is 5.31. The lowest BCUT2D eigenvalue weighted by molar-refractivity contribution is -0.140. The number of rotatable bonds is 6. The molecule has 1 aromatic rings. The first-order valence-electron chi connectivity index (χ1n) is 9.68. The first-order valence-corrected chi connectivity index (χ1v) is 9.68. The van der Waals surface area contributed by atoms with Gasteiger partial charge in [0.05, 0.1) is 18.4 Å². The Hall–Kier alpha value is -2.90. The summed E-state index contributed by atoms with van der Waals surface area (Å²) in [4.78, 5) is 50.0. The molecule has 4 amide bonds. The van der Waals surface area contributed by atoms with Crippen LogP contribution in [0.25, 0.3) is 0 Å². The van der Waals surface area contributed by atoms with E-state index in [1.807, 2.05) is 6.92 Å². The van der Waals surface area contributed by atoms with E-state index in [2.05, 4.69) is 10.9 Å². The number of nitrogens with zero attached hydrogens (tertiary/aromatic N) is 1. The maximum absolute atomic E-state index is 12.4. The van der Waals surface area contributed by atoms with Crippen molar-refractivity contribution in [3.05, 3.63) is 29.8 Å². The lowest BCUT2D eigenvalue weighted by Gasteiger charge is -2.19. The molecule has 28 heavy (non-hydrogen) atoms. The summed E-state index contributed by atoms with van der Waals surface area (Å²) in [5.74, 6) is -1.04. The molecule has 2 fully saturated rings. The molecule has 1 aliphatic carbocycles. The molecule has 8 nitrogen and oxygen atoms in total. The predicted octanol–water partition coefficient (Wildman–Crippen LogP) is 1.41. The summed E-state index contributed by atoms with van der Waals surface area (Å²) in [5.41, 5.74) is 5.02. The molecule has 0 bridgehead atoms. The van der Waals surface area contributed by atoms with Crippen molar-refractivity contribution in [2.75, 3.05) is 13.2 Å². The molecule has 1 saturated heterocycles. The Balaban J connectivity index is 1.45. The van der Waals surface area contributed by atoms with Gasteiger partial charge in [0.1, 0.15) is 5.75 Å². The topological polar surface area (TPSA) is 105 Å². The van der Waals surface area contributed by atoms with Gasteiger partial charge in [0.2, 0.25) is 17.7 Å². The minimum absolute atomic E-state index is 0.0371. The Morgan fingerprint density at radius 1 is 1.04 bits per heavy atom. The second-order valence-corrected chi connectivity index (χ2v) is 7.04. The summed E-state index contributed by atoms with van der Waals surface area (Å²) in [7, 11) is 0. The number of hydrazine groups is 1. The summed E-state index contributed by atoms with van der Waals surface area (Å²) in [6.45, 7) is 2.44. The molecule has 1 heterocycles. The van der Waals surface area contributed by atoms with Gasteiger partial charge in [-0.05, 0) is 44.0 Å². The number of amides is 4. The Morgan fingerprint density at radius 2 is 1.64 bits per heavy atom. The Kier molecular flexibility index (Phi) is 6.28. The molecular weight excluding hydrogens is 362 g/mol. The SMILES string of the molecule is CCOc1ccc(C(=O)NNC(=O)CCN2C(=O)[C@@H]3CCCC[C@H]3C2=O)cc1. The number of ether oxygens (including phenoxy) is 1. The molecule has 3 rings (SSSR count). The van der Waals surface area contributed by atoms with Crippen LogP contribution in [0.3, 0.4) is 0 Å². The third-order valence-corrected chi connectivity index (χ3v) is 5.24. The maximum Gasteiger partial charge on any atom is 0.269 e. The zero-order valence-corrected chi connectivity index (χ0v) is 15.9. The third kappa shape index (κ3) is 4.32. The van der Waals surface area contributed by atoms with Gasteiger partial charge >= 0.3 is 0 Å². The summed E-state index contributed by atoms with van der Waals surface area (Å²) in [5, 5.41) is 0. The molecule has 8 heteroatoms. The third-order valence-electron chi connectivity index (χ3n) is 5.24. The van der Waals surface area contributed by atoms with Crippen LogP contribution in [0.1, 0.15) is 49.4 Å². The van der Waals surface area contributed by atoms with Crippen LogP contribution in [0, 0.1) is 11.8 Å². The Morgan fingerprint density at radius 3 is 2.21 bits per heavy atom. The van der Waals surface area contributed by atoms with E-state index in [0.29, 0.717) is 17.9 Å². The van der Waals surface area contributed by atoms with Crippen LogP contribution >= 0.6 is 0 Å². The van der Waals surface area contributed by atoms with E-state index in [1.165, 1.54) is 4.90 Å². The molecule has 1 aliphatic heterocycles. The minimum Gasteiger partial charge on any atom is -0.494 e. The number of hydrogen-bond acceptors (Lipinski definition) is 5. The van der Waals surface area contributed by atoms with Crippen LogP contribution in [0.15, 0.2) is 24.3 Å². The highest BCUT2D eigenvalue weighted by molar-refractivity contribution is 6.05. The predicted molar refractivity (Wildman–Crippen MR) is 100 cm³/mol. The average molecular weight is 387 g/mol. The first-order chi connectivity index (χ1) is 13.5. The summed E-state index contributed by atoms with van der Waals surface area (Å²) in [6, 6.07) is 6.53. The fourth-order valence-electron chi connectivity index (χ4n) is 3.80. The van der Waals surface area contributed by atoms with Crippen molar-refractivity contribution in [3.8, 4) is 5.75 Å². The molecule has 0 radical (unpaired) electrons. The molecule has 0 aromatic heterocycles. The zero-order chi connectivity index (χ0) is 20.1. The van der Waals surface area contributed by atoms with Crippen LogP contribution < -0.4 is 15.6 Å². The van der Waals surface area contributed by atoms with Crippen molar-refractivity contribution in [2.24, 2.45) is 11.8 Å². The number of benzene rings is 1. The van der Waals surface area contributed by atoms with Crippen LogP contribution in [-0.4, -0.2) is 41.7 Å². The van der Waals surface area contributed by atoms with Crippen molar-refractivity contribution in [1.82, 2.24) is 15.8 Å². The molecule has 0 spiro atoms. The lowest BCUT2D eigenvalue weighted by atomic mass is 9.81. The van der Waals surface area contributed by atoms with E-state index in [9.17, 15) is 19.2 Å². The van der Waals surface area contributed by atoms with Gasteiger partial charge in [-0.1, -0.05) is 12.8 Å². The van der Waals surface area contributed by atoms with Gasteiger partial charge < -0.3 is 4.74 Å². The average Bonchev–Trinajstić information content (AvgIpc) is 2.96. The van der Waals surface area contributed by atoms with E-state index >= 15 is 0 Å². The Labute approximate surface area is 163 Å². The van der Waals surface area contributed by atoms with Crippen LogP contribution in [0.5, 0.6) is 5.75 Å². The minimum atomic E-state index is -0.463.